The molecule has 0 aliphatic rings. The van der Waals surface area contributed by atoms with Gasteiger partial charge in [-0.3, -0.25) is 19.6 Å². The summed E-state index contributed by atoms with van der Waals surface area (Å²) in [7, 11) is 0. The van der Waals surface area contributed by atoms with E-state index in [1.165, 1.54) is 64.2 Å². The lowest BCUT2D eigenvalue weighted by atomic mass is 10.1. The summed E-state index contributed by atoms with van der Waals surface area (Å²) in [6.07, 6.45) is 20.3. The smallest absolute Gasteiger partial charge is 0.251 e. The van der Waals surface area contributed by atoms with Gasteiger partial charge in [-0.15, -0.1) is 0 Å². The molecule has 0 spiro atoms. The standard InChI is InChI=1S/C30H46N4O2/c1-3-5-7-9-11-13-15-19-33-29(35)25-17-21-31-27(23-25)28-24-26(18-22-32-28)30(36)34-20-16-14-12-10-8-6-4-2/h17-18,21-24H,3-16,19-20H2,1-2H3,(H,33,35)(H,34,36). The Kier molecular flexibility index (Phi) is 15.1. The molecule has 0 aliphatic heterocycles. The molecule has 0 saturated carbocycles. The number of amides is 2. The second-order valence-corrected chi connectivity index (χ2v) is 9.61. The first kappa shape index (κ1) is 29.5. The minimum absolute atomic E-state index is 0.103. The summed E-state index contributed by atoms with van der Waals surface area (Å²) in [6.45, 7) is 5.80. The first-order valence-electron chi connectivity index (χ1n) is 14.1. The SMILES string of the molecule is CCCCCCCCCNC(=O)c1ccnc(-c2cc(C(=O)NCCCCCCCCC)ccn2)c1. The monoisotopic (exact) mass is 494 g/mol. The van der Waals surface area contributed by atoms with Gasteiger partial charge in [0.2, 0.25) is 0 Å². The number of unbranched alkanes of at least 4 members (excludes halogenated alkanes) is 12. The first-order chi connectivity index (χ1) is 17.7. The van der Waals surface area contributed by atoms with Crippen molar-refractivity contribution < 1.29 is 9.59 Å². The molecule has 0 unspecified atom stereocenters. The molecule has 2 heterocycles. The zero-order chi connectivity index (χ0) is 25.8. The summed E-state index contributed by atoms with van der Waals surface area (Å²) >= 11 is 0. The third-order valence-corrected chi connectivity index (χ3v) is 6.44. The lowest BCUT2D eigenvalue weighted by Gasteiger charge is -2.08. The van der Waals surface area contributed by atoms with Crippen LogP contribution in [0.4, 0.5) is 0 Å². The Morgan fingerprint density at radius 1 is 0.583 bits per heavy atom. The van der Waals surface area contributed by atoms with Crippen molar-refractivity contribution in [2.75, 3.05) is 13.1 Å². The molecule has 36 heavy (non-hydrogen) atoms. The van der Waals surface area contributed by atoms with Crippen LogP contribution in [0.2, 0.25) is 0 Å². The lowest BCUT2D eigenvalue weighted by Crippen LogP contribution is -2.24. The van der Waals surface area contributed by atoms with Gasteiger partial charge >= 0.3 is 0 Å². The van der Waals surface area contributed by atoms with Gasteiger partial charge in [-0.05, 0) is 37.1 Å². The van der Waals surface area contributed by atoms with E-state index >= 15 is 0 Å². The summed E-state index contributed by atoms with van der Waals surface area (Å²) in [5.74, 6) is -0.207. The maximum absolute atomic E-state index is 12.6. The average Bonchev–Trinajstić information content (AvgIpc) is 2.91. The van der Waals surface area contributed by atoms with E-state index in [0.717, 1.165) is 25.7 Å². The van der Waals surface area contributed by atoms with Crippen LogP contribution in [-0.2, 0) is 0 Å². The Morgan fingerprint density at radius 3 is 1.33 bits per heavy atom. The summed E-state index contributed by atoms with van der Waals surface area (Å²) in [5.41, 5.74) is 2.28. The fraction of sp³-hybridized carbons (Fsp3) is 0.600. The van der Waals surface area contributed by atoms with Gasteiger partial charge in [0.25, 0.3) is 11.8 Å². The van der Waals surface area contributed by atoms with E-state index in [1.807, 2.05) is 0 Å². The number of aromatic nitrogens is 2. The molecule has 2 aromatic heterocycles. The highest BCUT2D eigenvalue weighted by Crippen LogP contribution is 2.17. The quantitative estimate of drug-likeness (QED) is 0.204. The molecule has 2 N–H and O–H groups in total. The number of pyridine rings is 2. The Bertz CT molecular complexity index is 827. The molecule has 198 valence electrons. The van der Waals surface area contributed by atoms with Crippen LogP contribution in [0.5, 0.6) is 0 Å². The second-order valence-electron chi connectivity index (χ2n) is 9.61. The third-order valence-electron chi connectivity index (χ3n) is 6.44. The number of rotatable bonds is 19. The van der Waals surface area contributed by atoms with Gasteiger partial charge in [0.1, 0.15) is 0 Å². The molecule has 0 radical (unpaired) electrons. The van der Waals surface area contributed by atoms with E-state index in [9.17, 15) is 9.59 Å². The van der Waals surface area contributed by atoms with E-state index in [2.05, 4.69) is 34.4 Å². The van der Waals surface area contributed by atoms with Gasteiger partial charge in [-0.25, -0.2) is 0 Å². The summed E-state index contributed by atoms with van der Waals surface area (Å²) in [4.78, 5) is 34.0. The maximum atomic E-state index is 12.6. The molecule has 6 heteroatoms. The molecule has 6 nitrogen and oxygen atoms in total. The Hall–Kier alpha value is -2.76. The minimum Gasteiger partial charge on any atom is -0.352 e. The highest BCUT2D eigenvalue weighted by Gasteiger charge is 2.11. The Balaban J connectivity index is 1.79. The molecule has 0 fully saturated rings. The number of carbonyl (C=O) groups excluding carboxylic acids is 2. The number of hydrogen-bond donors (Lipinski definition) is 2. The van der Waals surface area contributed by atoms with E-state index in [4.69, 9.17) is 0 Å². The summed E-state index contributed by atoms with van der Waals surface area (Å²) in [6, 6.07) is 6.90. The zero-order valence-corrected chi connectivity index (χ0v) is 22.5. The van der Waals surface area contributed by atoms with Crippen molar-refractivity contribution in [2.24, 2.45) is 0 Å². The molecule has 2 aromatic rings. The van der Waals surface area contributed by atoms with Crippen molar-refractivity contribution in [1.29, 1.82) is 0 Å². The topological polar surface area (TPSA) is 84.0 Å². The van der Waals surface area contributed by atoms with Crippen LogP contribution in [0.25, 0.3) is 11.4 Å². The van der Waals surface area contributed by atoms with Gasteiger partial charge in [0.15, 0.2) is 0 Å². The van der Waals surface area contributed by atoms with Crippen molar-refractivity contribution in [3.8, 4) is 11.4 Å². The normalized spacial score (nSPS) is 10.8. The van der Waals surface area contributed by atoms with E-state index < -0.39 is 0 Å². The zero-order valence-electron chi connectivity index (χ0n) is 22.5. The number of carbonyl (C=O) groups is 2. The van der Waals surface area contributed by atoms with E-state index in [-0.39, 0.29) is 11.8 Å². The second kappa shape index (κ2) is 18.5. The van der Waals surface area contributed by atoms with Crippen LogP contribution in [0.15, 0.2) is 36.7 Å². The largest absolute Gasteiger partial charge is 0.352 e. The van der Waals surface area contributed by atoms with E-state index in [0.29, 0.717) is 35.6 Å². The molecule has 2 rings (SSSR count). The van der Waals surface area contributed by atoms with Gasteiger partial charge in [0.05, 0.1) is 11.4 Å². The Morgan fingerprint density at radius 2 is 0.944 bits per heavy atom. The molecule has 0 aromatic carbocycles. The van der Waals surface area contributed by atoms with Crippen LogP contribution in [-0.4, -0.2) is 34.9 Å². The number of hydrogen-bond acceptors (Lipinski definition) is 4. The molecule has 0 saturated heterocycles. The molecule has 0 bridgehead atoms. The highest BCUT2D eigenvalue weighted by molar-refractivity contribution is 5.96. The van der Waals surface area contributed by atoms with Crippen LogP contribution < -0.4 is 10.6 Å². The minimum atomic E-state index is -0.103. The van der Waals surface area contributed by atoms with Crippen LogP contribution in [0.3, 0.4) is 0 Å². The van der Waals surface area contributed by atoms with Crippen molar-refractivity contribution in [3.05, 3.63) is 47.8 Å². The lowest BCUT2D eigenvalue weighted by molar-refractivity contribution is 0.0944. The molecule has 0 atom stereocenters. The third kappa shape index (κ3) is 11.8. The van der Waals surface area contributed by atoms with E-state index in [1.54, 1.807) is 36.7 Å². The highest BCUT2D eigenvalue weighted by atomic mass is 16.2. The van der Waals surface area contributed by atoms with Crippen LogP contribution in [0, 0.1) is 0 Å². The Labute approximate surface area is 218 Å². The fourth-order valence-corrected chi connectivity index (χ4v) is 4.20. The first-order valence-corrected chi connectivity index (χ1v) is 14.1. The fourth-order valence-electron chi connectivity index (χ4n) is 4.20. The molecule has 2 amide bonds. The van der Waals surface area contributed by atoms with Crippen molar-refractivity contribution in [1.82, 2.24) is 20.6 Å². The van der Waals surface area contributed by atoms with Crippen molar-refractivity contribution in [3.63, 3.8) is 0 Å². The van der Waals surface area contributed by atoms with Gasteiger partial charge in [-0.2, -0.15) is 0 Å². The average molecular weight is 495 g/mol. The summed E-state index contributed by atoms with van der Waals surface area (Å²) < 4.78 is 0. The molecular weight excluding hydrogens is 448 g/mol. The number of nitrogens with zero attached hydrogens (tertiary/aromatic N) is 2. The predicted octanol–water partition coefficient (Wildman–Crippen LogP) is 7.10. The van der Waals surface area contributed by atoms with Crippen molar-refractivity contribution >= 4 is 11.8 Å². The van der Waals surface area contributed by atoms with Crippen molar-refractivity contribution in [2.45, 2.75) is 104 Å². The van der Waals surface area contributed by atoms with Gasteiger partial charge < -0.3 is 10.6 Å². The predicted molar refractivity (Wildman–Crippen MR) is 148 cm³/mol. The molecular formula is C30H46N4O2. The molecule has 0 aliphatic carbocycles. The van der Waals surface area contributed by atoms with Crippen LogP contribution in [0.1, 0.15) is 124 Å². The maximum Gasteiger partial charge on any atom is 0.251 e. The van der Waals surface area contributed by atoms with Gasteiger partial charge in [0, 0.05) is 36.6 Å². The summed E-state index contributed by atoms with van der Waals surface area (Å²) in [5, 5.41) is 6.01. The van der Waals surface area contributed by atoms with Crippen LogP contribution >= 0.6 is 0 Å². The number of nitrogens with one attached hydrogen (secondary N) is 2. The van der Waals surface area contributed by atoms with Gasteiger partial charge in [-0.1, -0.05) is 90.9 Å².